The Morgan fingerprint density at radius 1 is 0.971 bits per heavy atom. The first-order valence-electron chi connectivity index (χ1n) is 10.8. The predicted molar refractivity (Wildman–Crippen MR) is 127 cm³/mol. The van der Waals surface area contributed by atoms with Crippen molar-refractivity contribution in [1.82, 2.24) is 5.32 Å². The molecule has 3 aromatic carbocycles. The summed E-state index contributed by atoms with van der Waals surface area (Å²) in [5.41, 5.74) is 4.55. The van der Waals surface area contributed by atoms with Crippen molar-refractivity contribution in [3.8, 4) is 11.1 Å². The molecule has 1 amide bonds. The normalized spacial score (nSPS) is 14.1. The van der Waals surface area contributed by atoms with Crippen molar-refractivity contribution in [2.24, 2.45) is 0 Å². The number of alkyl carbamates (subject to hydrolysis) is 1. The topological polar surface area (TPSA) is 116 Å². The minimum Gasteiger partial charge on any atom is -0.478 e. The van der Waals surface area contributed by atoms with Gasteiger partial charge in [0.1, 0.15) is 12.7 Å². The van der Waals surface area contributed by atoms with E-state index in [-0.39, 0.29) is 41.6 Å². The van der Waals surface area contributed by atoms with Crippen LogP contribution >= 0.6 is 11.6 Å². The molecule has 3 aromatic rings. The fourth-order valence-electron chi connectivity index (χ4n) is 4.24. The first-order valence-corrected chi connectivity index (χ1v) is 11.2. The van der Waals surface area contributed by atoms with E-state index in [1.54, 1.807) is 0 Å². The summed E-state index contributed by atoms with van der Waals surface area (Å²) >= 11 is 5.84. The molecular formula is C26H24ClNO6. The van der Waals surface area contributed by atoms with Crippen LogP contribution in [0.25, 0.3) is 11.1 Å². The zero-order chi connectivity index (χ0) is 24.2. The van der Waals surface area contributed by atoms with E-state index in [2.05, 4.69) is 17.4 Å². The number of carbonyl (C=O) groups is 2. The summed E-state index contributed by atoms with van der Waals surface area (Å²) in [6, 6.07) is 20.1. The van der Waals surface area contributed by atoms with E-state index >= 15 is 0 Å². The molecule has 0 aromatic heterocycles. The molecule has 0 radical (unpaired) electrons. The van der Waals surface area contributed by atoms with Crippen LogP contribution in [0.3, 0.4) is 0 Å². The quantitative estimate of drug-likeness (QED) is 0.380. The Hall–Kier alpha value is -3.39. The lowest BCUT2D eigenvalue weighted by molar-refractivity contribution is 0.0136. The molecule has 1 aliphatic carbocycles. The second-order valence-corrected chi connectivity index (χ2v) is 8.50. The highest BCUT2D eigenvalue weighted by atomic mass is 35.5. The smallest absolute Gasteiger partial charge is 0.407 e. The van der Waals surface area contributed by atoms with Gasteiger partial charge in [-0.15, -0.1) is 0 Å². The van der Waals surface area contributed by atoms with Gasteiger partial charge in [-0.25, -0.2) is 9.59 Å². The van der Waals surface area contributed by atoms with E-state index in [0.29, 0.717) is 0 Å². The summed E-state index contributed by atoms with van der Waals surface area (Å²) in [4.78, 5) is 23.5. The fourth-order valence-corrected chi connectivity index (χ4v) is 4.44. The minimum absolute atomic E-state index is 0.0369. The van der Waals surface area contributed by atoms with Gasteiger partial charge in [0.05, 0.1) is 16.7 Å². The number of halogens is 1. The van der Waals surface area contributed by atoms with Gasteiger partial charge in [-0.05, 0) is 46.4 Å². The molecule has 0 fully saturated rings. The molecule has 1 aliphatic rings. The second-order valence-electron chi connectivity index (χ2n) is 8.10. The van der Waals surface area contributed by atoms with E-state index in [0.717, 1.165) is 22.3 Å². The number of hydrogen-bond acceptors (Lipinski definition) is 5. The minimum atomic E-state index is -1.33. The third-order valence-corrected chi connectivity index (χ3v) is 6.31. The Bertz CT molecular complexity index is 1170. The summed E-state index contributed by atoms with van der Waals surface area (Å²) in [5, 5.41) is 32.4. The molecule has 0 heterocycles. The van der Waals surface area contributed by atoms with Crippen LogP contribution in [0, 0.1) is 0 Å². The third kappa shape index (κ3) is 4.92. The maximum atomic E-state index is 12.2. The molecule has 0 bridgehead atoms. The van der Waals surface area contributed by atoms with Gasteiger partial charge in [-0.2, -0.15) is 0 Å². The number of benzene rings is 3. The Morgan fingerprint density at radius 3 is 2.21 bits per heavy atom. The van der Waals surface area contributed by atoms with Crippen LogP contribution in [0.5, 0.6) is 0 Å². The molecule has 8 heteroatoms. The lowest BCUT2D eigenvalue weighted by atomic mass is 9.98. The number of amides is 1. The zero-order valence-corrected chi connectivity index (χ0v) is 18.9. The number of rotatable bonds is 8. The summed E-state index contributed by atoms with van der Waals surface area (Å²) in [5.74, 6) is -1.29. The molecule has 4 N–H and O–H groups in total. The molecule has 4 rings (SSSR count). The third-order valence-electron chi connectivity index (χ3n) is 5.98. The van der Waals surface area contributed by atoms with Gasteiger partial charge in [-0.3, -0.25) is 0 Å². The van der Waals surface area contributed by atoms with Crippen molar-refractivity contribution < 1.29 is 29.6 Å². The first-order chi connectivity index (χ1) is 16.4. The van der Waals surface area contributed by atoms with Crippen molar-refractivity contribution >= 4 is 23.7 Å². The maximum Gasteiger partial charge on any atom is 0.407 e. The Morgan fingerprint density at radius 2 is 1.59 bits per heavy atom. The number of carbonyl (C=O) groups excluding carboxylic acids is 1. The molecule has 176 valence electrons. The average Bonchev–Trinajstić information content (AvgIpc) is 3.16. The van der Waals surface area contributed by atoms with Gasteiger partial charge in [0.25, 0.3) is 0 Å². The summed E-state index contributed by atoms with van der Waals surface area (Å²) < 4.78 is 5.45. The number of nitrogens with one attached hydrogen (secondary N) is 1. The van der Waals surface area contributed by atoms with Gasteiger partial charge >= 0.3 is 12.1 Å². The molecule has 7 nitrogen and oxygen atoms in total. The van der Waals surface area contributed by atoms with Crippen LogP contribution in [0.1, 0.15) is 45.5 Å². The van der Waals surface area contributed by atoms with E-state index in [1.165, 1.54) is 18.2 Å². The average molecular weight is 482 g/mol. The summed E-state index contributed by atoms with van der Waals surface area (Å²) in [6.45, 7) is 0.238. The van der Waals surface area contributed by atoms with E-state index in [9.17, 15) is 19.8 Å². The number of aliphatic hydroxyl groups excluding tert-OH is 2. The molecule has 2 unspecified atom stereocenters. The second kappa shape index (κ2) is 10.3. The van der Waals surface area contributed by atoms with Crippen LogP contribution in [-0.2, 0) is 4.74 Å². The fraction of sp³-hybridized carbons (Fsp3) is 0.231. The van der Waals surface area contributed by atoms with Gasteiger partial charge in [0.2, 0.25) is 0 Å². The van der Waals surface area contributed by atoms with Crippen molar-refractivity contribution in [1.29, 1.82) is 0 Å². The standard InChI is InChI=1S/C26H24ClNO6/c27-22-10-9-15(13-20(22)25(31)32)24(30)23(29)11-12-28-26(33)34-14-21-18-7-3-1-5-16(18)17-6-2-4-8-19(17)21/h1-10,13,21,23-24,29-30H,11-12,14H2,(H,28,33)(H,31,32). The SMILES string of the molecule is O=C(NCCC(O)C(O)c1ccc(Cl)c(C(=O)O)c1)OCC1c2ccccc2-c2ccccc21. The summed E-state index contributed by atoms with van der Waals surface area (Å²) in [6.07, 6.45) is -3.14. The molecule has 2 atom stereocenters. The lowest BCUT2D eigenvalue weighted by Gasteiger charge is -2.19. The number of fused-ring (bicyclic) bond motifs is 3. The highest BCUT2D eigenvalue weighted by molar-refractivity contribution is 6.33. The van der Waals surface area contributed by atoms with Crippen LogP contribution < -0.4 is 5.32 Å². The van der Waals surface area contributed by atoms with Crippen molar-refractivity contribution in [3.05, 3.63) is 94.0 Å². The van der Waals surface area contributed by atoms with Crippen LogP contribution in [0.2, 0.25) is 5.02 Å². The molecule has 0 saturated heterocycles. The number of aliphatic hydroxyl groups is 2. The monoisotopic (exact) mass is 481 g/mol. The van der Waals surface area contributed by atoms with E-state index in [1.807, 2.05) is 36.4 Å². The van der Waals surface area contributed by atoms with Crippen molar-refractivity contribution in [2.75, 3.05) is 13.2 Å². The van der Waals surface area contributed by atoms with Crippen molar-refractivity contribution in [3.63, 3.8) is 0 Å². The zero-order valence-electron chi connectivity index (χ0n) is 18.1. The number of hydrogen-bond donors (Lipinski definition) is 4. The van der Waals surface area contributed by atoms with E-state index < -0.39 is 24.3 Å². The predicted octanol–water partition coefficient (Wildman–Crippen LogP) is 4.36. The van der Waals surface area contributed by atoms with Gasteiger partial charge < -0.3 is 25.4 Å². The molecule has 0 saturated carbocycles. The van der Waals surface area contributed by atoms with Crippen molar-refractivity contribution in [2.45, 2.75) is 24.5 Å². The largest absolute Gasteiger partial charge is 0.478 e. The molecular weight excluding hydrogens is 458 g/mol. The first kappa shape index (κ1) is 23.8. The highest BCUT2D eigenvalue weighted by Crippen LogP contribution is 2.44. The number of ether oxygens (including phenoxy) is 1. The Kier molecular flexibility index (Phi) is 7.17. The summed E-state index contributed by atoms with van der Waals surface area (Å²) in [7, 11) is 0. The number of carboxylic acids is 1. The number of carboxylic acid groups (broad SMARTS) is 1. The Labute approximate surface area is 201 Å². The number of aromatic carboxylic acids is 1. The van der Waals surface area contributed by atoms with Gasteiger partial charge in [-0.1, -0.05) is 66.2 Å². The van der Waals surface area contributed by atoms with Crippen LogP contribution in [0.4, 0.5) is 4.79 Å². The lowest BCUT2D eigenvalue weighted by Crippen LogP contribution is -2.30. The van der Waals surface area contributed by atoms with Crippen LogP contribution in [-0.4, -0.2) is 46.6 Å². The molecule has 34 heavy (non-hydrogen) atoms. The van der Waals surface area contributed by atoms with Crippen LogP contribution in [0.15, 0.2) is 66.7 Å². The highest BCUT2D eigenvalue weighted by Gasteiger charge is 2.29. The van der Waals surface area contributed by atoms with E-state index in [4.69, 9.17) is 21.4 Å². The Balaban J connectivity index is 1.29. The van der Waals surface area contributed by atoms with Gasteiger partial charge in [0.15, 0.2) is 0 Å². The van der Waals surface area contributed by atoms with Gasteiger partial charge in [0, 0.05) is 12.5 Å². The maximum absolute atomic E-state index is 12.2. The molecule has 0 spiro atoms. The molecule has 0 aliphatic heterocycles.